The van der Waals surface area contributed by atoms with Crippen LogP contribution < -0.4 is 11.1 Å². The summed E-state index contributed by atoms with van der Waals surface area (Å²) in [5.74, 6) is 0.0720. The SMILES string of the molecule is Cl.NC1CCN(CC(=O)NC(c2ccccc2)c2cccs2)CC1. The number of rotatable bonds is 5. The minimum Gasteiger partial charge on any atom is -0.343 e. The number of thiophene rings is 1. The highest BCUT2D eigenvalue weighted by Crippen LogP contribution is 2.25. The van der Waals surface area contributed by atoms with Crippen LogP contribution in [0.3, 0.4) is 0 Å². The van der Waals surface area contributed by atoms with Crippen molar-refractivity contribution in [2.24, 2.45) is 5.73 Å². The maximum absolute atomic E-state index is 12.5. The topological polar surface area (TPSA) is 58.4 Å². The van der Waals surface area contributed by atoms with E-state index in [2.05, 4.69) is 28.4 Å². The zero-order valence-corrected chi connectivity index (χ0v) is 15.2. The summed E-state index contributed by atoms with van der Waals surface area (Å²) in [6, 6.07) is 14.4. The number of amides is 1. The lowest BCUT2D eigenvalue weighted by Crippen LogP contribution is -2.45. The van der Waals surface area contributed by atoms with Gasteiger partial charge in [0.05, 0.1) is 12.6 Å². The zero-order chi connectivity index (χ0) is 16.1. The number of hydrogen-bond acceptors (Lipinski definition) is 4. The molecule has 2 heterocycles. The molecular formula is C18H24ClN3OS. The van der Waals surface area contributed by atoms with Crippen LogP contribution in [-0.4, -0.2) is 36.5 Å². The van der Waals surface area contributed by atoms with Gasteiger partial charge in [0.1, 0.15) is 0 Å². The van der Waals surface area contributed by atoms with Crippen LogP contribution in [0, 0.1) is 0 Å². The third-order valence-corrected chi connectivity index (χ3v) is 5.20. The fraction of sp³-hybridized carbons (Fsp3) is 0.389. The first-order valence-electron chi connectivity index (χ1n) is 8.08. The first-order valence-corrected chi connectivity index (χ1v) is 8.96. The molecule has 3 rings (SSSR count). The van der Waals surface area contributed by atoms with Gasteiger partial charge in [-0.1, -0.05) is 36.4 Å². The van der Waals surface area contributed by atoms with Crippen molar-refractivity contribution < 1.29 is 4.79 Å². The number of hydrogen-bond donors (Lipinski definition) is 2. The molecule has 0 bridgehead atoms. The average molecular weight is 366 g/mol. The summed E-state index contributed by atoms with van der Waals surface area (Å²) in [5, 5.41) is 5.24. The third kappa shape index (κ3) is 5.05. The Labute approximate surface area is 153 Å². The second-order valence-electron chi connectivity index (χ2n) is 6.04. The molecule has 4 nitrogen and oxygen atoms in total. The number of benzene rings is 1. The second kappa shape index (κ2) is 9.18. The molecule has 1 aliphatic heterocycles. The number of halogens is 1. The number of nitrogens with one attached hydrogen (secondary N) is 1. The summed E-state index contributed by atoms with van der Waals surface area (Å²) in [5.41, 5.74) is 7.04. The summed E-state index contributed by atoms with van der Waals surface area (Å²) in [6.45, 7) is 2.26. The minimum atomic E-state index is -0.0734. The van der Waals surface area contributed by atoms with Crippen molar-refractivity contribution in [1.29, 1.82) is 0 Å². The van der Waals surface area contributed by atoms with E-state index in [4.69, 9.17) is 5.73 Å². The monoisotopic (exact) mass is 365 g/mol. The van der Waals surface area contributed by atoms with E-state index in [-0.39, 0.29) is 30.4 Å². The normalized spacial score (nSPS) is 17.0. The summed E-state index contributed by atoms with van der Waals surface area (Å²) in [7, 11) is 0. The van der Waals surface area contributed by atoms with Gasteiger partial charge < -0.3 is 11.1 Å². The van der Waals surface area contributed by atoms with Gasteiger partial charge in [0.2, 0.25) is 5.91 Å². The third-order valence-electron chi connectivity index (χ3n) is 4.27. The molecule has 1 aromatic carbocycles. The van der Waals surface area contributed by atoms with E-state index in [1.807, 2.05) is 29.6 Å². The van der Waals surface area contributed by atoms with E-state index >= 15 is 0 Å². The van der Waals surface area contributed by atoms with Gasteiger partial charge in [0, 0.05) is 24.0 Å². The van der Waals surface area contributed by atoms with Crippen LogP contribution in [0.4, 0.5) is 0 Å². The number of piperidine rings is 1. The van der Waals surface area contributed by atoms with Gasteiger partial charge in [-0.05, 0) is 29.9 Å². The van der Waals surface area contributed by atoms with Crippen LogP contribution in [0.15, 0.2) is 47.8 Å². The number of nitrogens with two attached hydrogens (primary N) is 1. The maximum Gasteiger partial charge on any atom is 0.234 e. The molecule has 1 aliphatic rings. The molecule has 1 saturated heterocycles. The molecule has 0 spiro atoms. The van der Waals surface area contributed by atoms with Gasteiger partial charge in [-0.3, -0.25) is 9.69 Å². The molecule has 0 radical (unpaired) electrons. The number of carbonyl (C=O) groups is 1. The first-order chi connectivity index (χ1) is 11.2. The largest absolute Gasteiger partial charge is 0.343 e. The Hall–Kier alpha value is -1.40. The standard InChI is InChI=1S/C18H23N3OS.ClH/c19-15-8-10-21(11-9-15)13-17(22)20-18(16-7-4-12-23-16)14-5-2-1-3-6-14;/h1-7,12,15,18H,8-11,13,19H2,(H,20,22);1H. The van der Waals surface area contributed by atoms with Crippen LogP contribution in [0.5, 0.6) is 0 Å². The molecule has 1 amide bonds. The van der Waals surface area contributed by atoms with Crippen molar-refractivity contribution in [1.82, 2.24) is 10.2 Å². The van der Waals surface area contributed by atoms with E-state index in [0.717, 1.165) is 36.4 Å². The highest BCUT2D eigenvalue weighted by molar-refractivity contribution is 7.10. The van der Waals surface area contributed by atoms with Crippen molar-refractivity contribution in [3.63, 3.8) is 0 Å². The molecule has 0 aliphatic carbocycles. The van der Waals surface area contributed by atoms with Gasteiger partial charge in [0.15, 0.2) is 0 Å². The molecule has 24 heavy (non-hydrogen) atoms. The average Bonchev–Trinajstić information content (AvgIpc) is 3.10. The van der Waals surface area contributed by atoms with Crippen molar-refractivity contribution in [3.8, 4) is 0 Å². The van der Waals surface area contributed by atoms with Gasteiger partial charge in [0.25, 0.3) is 0 Å². The van der Waals surface area contributed by atoms with E-state index < -0.39 is 0 Å². The predicted octanol–water partition coefficient (Wildman–Crippen LogP) is 2.80. The van der Waals surface area contributed by atoms with Crippen LogP contribution in [0.2, 0.25) is 0 Å². The van der Waals surface area contributed by atoms with E-state index in [1.54, 1.807) is 11.3 Å². The molecular weight excluding hydrogens is 342 g/mol. The second-order valence-corrected chi connectivity index (χ2v) is 7.02. The number of likely N-dealkylation sites (tertiary alicyclic amines) is 1. The minimum absolute atomic E-state index is 0. The Balaban J connectivity index is 0.00000208. The van der Waals surface area contributed by atoms with Crippen LogP contribution in [0.25, 0.3) is 0 Å². The van der Waals surface area contributed by atoms with Gasteiger partial charge in [-0.25, -0.2) is 0 Å². The van der Waals surface area contributed by atoms with Crippen LogP contribution in [0.1, 0.15) is 29.3 Å². The fourth-order valence-corrected chi connectivity index (χ4v) is 3.74. The van der Waals surface area contributed by atoms with Crippen LogP contribution >= 0.6 is 23.7 Å². The summed E-state index contributed by atoms with van der Waals surface area (Å²) >= 11 is 1.67. The molecule has 2 aromatic rings. The molecule has 1 atom stereocenters. The lowest BCUT2D eigenvalue weighted by Gasteiger charge is -2.30. The van der Waals surface area contributed by atoms with Crippen molar-refractivity contribution in [2.45, 2.75) is 24.9 Å². The van der Waals surface area contributed by atoms with Crippen molar-refractivity contribution >= 4 is 29.7 Å². The van der Waals surface area contributed by atoms with Crippen LogP contribution in [-0.2, 0) is 4.79 Å². The lowest BCUT2D eigenvalue weighted by molar-refractivity contribution is -0.123. The number of carbonyl (C=O) groups excluding carboxylic acids is 1. The van der Waals surface area contributed by atoms with E-state index in [0.29, 0.717) is 6.54 Å². The molecule has 1 unspecified atom stereocenters. The lowest BCUT2D eigenvalue weighted by atomic mass is 10.0. The zero-order valence-electron chi connectivity index (χ0n) is 13.6. The molecule has 6 heteroatoms. The van der Waals surface area contributed by atoms with E-state index in [1.165, 1.54) is 0 Å². The quantitative estimate of drug-likeness (QED) is 0.856. The van der Waals surface area contributed by atoms with Gasteiger partial charge in [-0.15, -0.1) is 23.7 Å². The maximum atomic E-state index is 12.5. The summed E-state index contributed by atoms with van der Waals surface area (Å²) in [6.07, 6.45) is 1.95. The highest BCUT2D eigenvalue weighted by Gasteiger charge is 2.21. The Morgan fingerprint density at radius 3 is 2.54 bits per heavy atom. The Morgan fingerprint density at radius 2 is 1.92 bits per heavy atom. The Bertz CT molecular complexity index is 612. The highest BCUT2D eigenvalue weighted by atomic mass is 35.5. The van der Waals surface area contributed by atoms with Crippen molar-refractivity contribution in [3.05, 3.63) is 58.3 Å². The number of nitrogens with zero attached hydrogens (tertiary/aromatic N) is 1. The van der Waals surface area contributed by atoms with Gasteiger partial charge in [-0.2, -0.15) is 0 Å². The summed E-state index contributed by atoms with van der Waals surface area (Å²) in [4.78, 5) is 15.8. The molecule has 1 fully saturated rings. The van der Waals surface area contributed by atoms with Gasteiger partial charge >= 0.3 is 0 Å². The van der Waals surface area contributed by atoms with E-state index in [9.17, 15) is 4.79 Å². The predicted molar refractivity (Wildman–Crippen MR) is 102 cm³/mol. The Kier molecular flexibility index (Phi) is 7.24. The Morgan fingerprint density at radius 1 is 1.21 bits per heavy atom. The molecule has 3 N–H and O–H groups in total. The fourth-order valence-electron chi connectivity index (χ4n) is 2.94. The first kappa shape index (κ1) is 18.9. The smallest absolute Gasteiger partial charge is 0.234 e. The molecule has 1 aromatic heterocycles. The summed E-state index contributed by atoms with van der Waals surface area (Å²) < 4.78 is 0. The van der Waals surface area contributed by atoms with Crippen molar-refractivity contribution in [2.75, 3.05) is 19.6 Å². The molecule has 130 valence electrons. The molecule has 0 saturated carbocycles.